The predicted octanol–water partition coefficient (Wildman–Crippen LogP) is 2.56. The number of aliphatic carboxylic acids is 1. The highest BCUT2D eigenvalue weighted by molar-refractivity contribution is 7.99. The number of thioether (sulfide) groups is 1. The Hall–Kier alpha value is -0.750. The number of nitrogens with two attached hydrogens (primary N) is 1. The number of rotatable bonds is 8. The summed E-state index contributed by atoms with van der Waals surface area (Å²) in [6, 6.07) is 6.75. The number of halogens is 1. The van der Waals surface area contributed by atoms with E-state index in [9.17, 15) is 4.79 Å². The second-order valence-corrected chi connectivity index (χ2v) is 5.61. The van der Waals surface area contributed by atoms with Crippen molar-refractivity contribution in [3.05, 3.63) is 34.9 Å². The van der Waals surface area contributed by atoms with E-state index in [1.807, 2.05) is 24.3 Å². The number of ether oxygens (including phenoxy) is 1. The molecule has 106 valence electrons. The zero-order chi connectivity index (χ0) is 14.3. The molecular weight excluding hydrogens is 286 g/mol. The van der Waals surface area contributed by atoms with Crippen LogP contribution in [0.25, 0.3) is 0 Å². The monoisotopic (exact) mass is 303 g/mol. The number of carbonyl (C=O) groups is 1. The van der Waals surface area contributed by atoms with Gasteiger partial charge in [-0.3, -0.25) is 4.79 Å². The van der Waals surface area contributed by atoms with E-state index < -0.39 is 12.0 Å². The normalized spacial score (nSPS) is 14.1. The van der Waals surface area contributed by atoms with Crippen LogP contribution < -0.4 is 5.73 Å². The predicted molar refractivity (Wildman–Crippen MR) is 78.8 cm³/mol. The Kier molecular flexibility index (Phi) is 7.23. The average molecular weight is 304 g/mol. The zero-order valence-electron chi connectivity index (χ0n) is 10.7. The van der Waals surface area contributed by atoms with Crippen molar-refractivity contribution in [2.45, 2.75) is 18.6 Å². The van der Waals surface area contributed by atoms with Crippen LogP contribution in [0.3, 0.4) is 0 Å². The highest BCUT2D eigenvalue weighted by Crippen LogP contribution is 2.28. The molecule has 0 radical (unpaired) electrons. The van der Waals surface area contributed by atoms with Crippen molar-refractivity contribution in [3.63, 3.8) is 0 Å². The van der Waals surface area contributed by atoms with E-state index in [1.54, 1.807) is 18.9 Å². The molecule has 2 unspecified atom stereocenters. The lowest BCUT2D eigenvalue weighted by Gasteiger charge is -2.17. The van der Waals surface area contributed by atoms with Gasteiger partial charge in [-0.05, 0) is 18.2 Å². The summed E-state index contributed by atoms with van der Waals surface area (Å²) in [5.74, 6) is 0.430. The maximum atomic E-state index is 10.6. The standard InChI is InChI=1S/C13H18ClNO3S/c1-18-12(9-4-2-3-5-10(9)14)8-19-7-6-11(15)13(16)17/h2-5,11-12H,6-8,15H2,1H3,(H,16,17). The molecule has 2 atom stereocenters. The van der Waals surface area contributed by atoms with Gasteiger partial charge in [-0.25, -0.2) is 0 Å². The van der Waals surface area contributed by atoms with Gasteiger partial charge in [-0.2, -0.15) is 11.8 Å². The minimum atomic E-state index is -0.963. The van der Waals surface area contributed by atoms with Gasteiger partial charge in [0.25, 0.3) is 0 Å². The molecule has 1 rings (SSSR count). The summed E-state index contributed by atoms with van der Waals surface area (Å²) in [6.45, 7) is 0. The number of benzene rings is 1. The second kappa shape index (κ2) is 8.43. The molecule has 0 spiro atoms. The molecule has 0 saturated heterocycles. The van der Waals surface area contributed by atoms with Crippen LogP contribution in [0, 0.1) is 0 Å². The molecule has 1 aromatic carbocycles. The van der Waals surface area contributed by atoms with Crippen LogP contribution in [-0.2, 0) is 9.53 Å². The summed E-state index contributed by atoms with van der Waals surface area (Å²) < 4.78 is 5.42. The van der Waals surface area contributed by atoms with Crippen molar-refractivity contribution in [2.24, 2.45) is 5.73 Å². The first-order valence-corrected chi connectivity index (χ1v) is 7.43. The van der Waals surface area contributed by atoms with Crippen LogP contribution in [0.1, 0.15) is 18.1 Å². The van der Waals surface area contributed by atoms with Crippen LogP contribution in [0.2, 0.25) is 5.02 Å². The lowest BCUT2D eigenvalue weighted by molar-refractivity contribution is -0.138. The summed E-state index contributed by atoms with van der Waals surface area (Å²) in [5.41, 5.74) is 6.38. The highest BCUT2D eigenvalue weighted by atomic mass is 35.5. The van der Waals surface area contributed by atoms with E-state index >= 15 is 0 Å². The third kappa shape index (κ3) is 5.40. The van der Waals surface area contributed by atoms with E-state index in [1.165, 1.54) is 0 Å². The van der Waals surface area contributed by atoms with Gasteiger partial charge in [0.05, 0.1) is 6.10 Å². The molecule has 0 aromatic heterocycles. The SMILES string of the molecule is COC(CSCCC(N)C(=O)O)c1ccccc1Cl. The van der Waals surface area contributed by atoms with Gasteiger partial charge in [0.2, 0.25) is 0 Å². The maximum absolute atomic E-state index is 10.6. The van der Waals surface area contributed by atoms with Gasteiger partial charge in [0.1, 0.15) is 6.04 Å². The smallest absolute Gasteiger partial charge is 0.320 e. The van der Waals surface area contributed by atoms with Crippen molar-refractivity contribution < 1.29 is 14.6 Å². The average Bonchev–Trinajstić information content (AvgIpc) is 2.39. The van der Waals surface area contributed by atoms with Crippen molar-refractivity contribution in [2.75, 3.05) is 18.6 Å². The molecule has 0 bridgehead atoms. The minimum Gasteiger partial charge on any atom is -0.480 e. The van der Waals surface area contributed by atoms with Gasteiger partial charge >= 0.3 is 5.97 Å². The molecule has 6 heteroatoms. The molecule has 0 aliphatic carbocycles. The lowest BCUT2D eigenvalue weighted by Crippen LogP contribution is -2.30. The summed E-state index contributed by atoms with van der Waals surface area (Å²) in [5, 5.41) is 9.35. The summed E-state index contributed by atoms with van der Waals surface area (Å²) in [7, 11) is 1.64. The third-order valence-corrected chi connectivity index (χ3v) is 4.10. The number of carboxylic acids is 1. The van der Waals surface area contributed by atoms with Crippen molar-refractivity contribution in [1.82, 2.24) is 0 Å². The molecule has 3 N–H and O–H groups in total. The van der Waals surface area contributed by atoms with E-state index in [2.05, 4.69) is 0 Å². The van der Waals surface area contributed by atoms with Crippen LogP contribution in [0.5, 0.6) is 0 Å². The fourth-order valence-electron chi connectivity index (χ4n) is 1.55. The molecule has 1 aromatic rings. The van der Waals surface area contributed by atoms with Crippen molar-refractivity contribution in [1.29, 1.82) is 0 Å². The molecule has 0 fully saturated rings. The van der Waals surface area contributed by atoms with Crippen LogP contribution in [-0.4, -0.2) is 35.7 Å². The van der Waals surface area contributed by atoms with E-state index in [-0.39, 0.29) is 6.10 Å². The maximum Gasteiger partial charge on any atom is 0.320 e. The Morgan fingerprint density at radius 1 is 1.53 bits per heavy atom. The first kappa shape index (κ1) is 16.3. The molecule has 0 heterocycles. The molecule has 0 amide bonds. The number of carboxylic acid groups (broad SMARTS) is 1. The van der Waals surface area contributed by atoms with Gasteiger partial charge < -0.3 is 15.6 Å². The number of methoxy groups -OCH3 is 1. The Labute approximate surface area is 122 Å². The van der Waals surface area contributed by atoms with E-state index in [0.717, 1.165) is 5.56 Å². The second-order valence-electron chi connectivity index (χ2n) is 4.05. The first-order valence-electron chi connectivity index (χ1n) is 5.89. The minimum absolute atomic E-state index is 0.0975. The Bertz CT molecular complexity index is 417. The summed E-state index contributed by atoms with van der Waals surface area (Å²) >= 11 is 7.72. The fourth-order valence-corrected chi connectivity index (χ4v) is 2.92. The first-order chi connectivity index (χ1) is 9.06. The quantitative estimate of drug-likeness (QED) is 0.722. The van der Waals surface area contributed by atoms with Crippen LogP contribution >= 0.6 is 23.4 Å². The number of hydrogen-bond donors (Lipinski definition) is 2. The van der Waals surface area contributed by atoms with Crippen LogP contribution in [0.4, 0.5) is 0 Å². The van der Waals surface area contributed by atoms with E-state index in [0.29, 0.717) is 22.9 Å². The summed E-state index contributed by atoms with van der Waals surface area (Å²) in [4.78, 5) is 10.6. The Morgan fingerprint density at radius 2 is 2.21 bits per heavy atom. The topological polar surface area (TPSA) is 72.5 Å². The Morgan fingerprint density at radius 3 is 2.79 bits per heavy atom. The number of hydrogen-bond acceptors (Lipinski definition) is 4. The van der Waals surface area contributed by atoms with Crippen molar-refractivity contribution in [3.8, 4) is 0 Å². The van der Waals surface area contributed by atoms with Crippen LogP contribution in [0.15, 0.2) is 24.3 Å². The fraction of sp³-hybridized carbons (Fsp3) is 0.462. The van der Waals surface area contributed by atoms with Crippen molar-refractivity contribution >= 4 is 29.3 Å². The lowest BCUT2D eigenvalue weighted by atomic mass is 10.1. The molecule has 0 saturated carbocycles. The molecule has 0 aliphatic rings. The Balaban J connectivity index is 2.42. The van der Waals surface area contributed by atoms with Gasteiger partial charge in [0, 0.05) is 23.4 Å². The molecule has 0 aliphatic heterocycles. The van der Waals surface area contributed by atoms with Gasteiger partial charge in [-0.15, -0.1) is 0 Å². The molecule has 4 nitrogen and oxygen atoms in total. The summed E-state index contributed by atoms with van der Waals surface area (Å²) in [6.07, 6.45) is 0.346. The molecular formula is C13H18ClNO3S. The third-order valence-electron chi connectivity index (χ3n) is 2.70. The molecule has 19 heavy (non-hydrogen) atoms. The zero-order valence-corrected chi connectivity index (χ0v) is 12.3. The highest BCUT2D eigenvalue weighted by Gasteiger charge is 2.15. The van der Waals surface area contributed by atoms with E-state index in [4.69, 9.17) is 27.2 Å². The van der Waals surface area contributed by atoms with Gasteiger partial charge in [0.15, 0.2) is 0 Å². The largest absolute Gasteiger partial charge is 0.480 e. The van der Waals surface area contributed by atoms with Gasteiger partial charge in [-0.1, -0.05) is 29.8 Å².